The summed E-state index contributed by atoms with van der Waals surface area (Å²) in [5, 5.41) is 2.89. The first-order chi connectivity index (χ1) is 11.7. The van der Waals surface area contributed by atoms with Gasteiger partial charge in [0.1, 0.15) is 5.60 Å². The minimum Gasteiger partial charge on any atom is -0.444 e. The zero-order chi connectivity index (χ0) is 18.4. The van der Waals surface area contributed by atoms with Crippen LogP contribution in [0, 0.1) is 0 Å². The van der Waals surface area contributed by atoms with Gasteiger partial charge in [-0.3, -0.25) is 9.59 Å². The highest BCUT2D eigenvalue weighted by Crippen LogP contribution is 2.15. The van der Waals surface area contributed by atoms with E-state index in [1.807, 2.05) is 26.8 Å². The first-order valence-corrected chi connectivity index (χ1v) is 8.60. The molecule has 2 rings (SSSR count). The number of Topliss-reactive ketones (excluding diaryl/α,β-unsaturated/α-hetero) is 1. The van der Waals surface area contributed by atoms with E-state index in [4.69, 9.17) is 4.74 Å². The van der Waals surface area contributed by atoms with Crippen LogP contribution in [-0.2, 0) is 9.53 Å². The summed E-state index contributed by atoms with van der Waals surface area (Å²) in [5.74, 6) is -0.210. The van der Waals surface area contributed by atoms with E-state index in [9.17, 15) is 14.4 Å². The van der Waals surface area contributed by atoms with Gasteiger partial charge < -0.3 is 15.0 Å². The minimum atomic E-state index is -0.532. The van der Waals surface area contributed by atoms with Gasteiger partial charge >= 0.3 is 6.09 Å². The lowest BCUT2D eigenvalue weighted by Gasteiger charge is -2.24. The van der Waals surface area contributed by atoms with E-state index in [1.54, 1.807) is 29.2 Å². The third-order valence-corrected chi connectivity index (χ3v) is 3.88. The summed E-state index contributed by atoms with van der Waals surface area (Å²) >= 11 is 0. The van der Waals surface area contributed by atoms with Crippen LogP contribution in [0.3, 0.4) is 0 Å². The van der Waals surface area contributed by atoms with E-state index >= 15 is 0 Å². The predicted molar refractivity (Wildman–Crippen MR) is 94.4 cm³/mol. The summed E-state index contributed by atoms with van der Waals surface area (Å²) in [7, 11) is 0. The topological polar surface area (TPSA) is 75.7 Å². The van der Waals surface area contributed by atoms with Crippen LogP contribution in [0.2, 0.25) is 0 Å². The van der Waals surface area contributed by atoms with E-state index < -0.39 is 5.60 Å². The molecule has 6 nitrogen and oxygen atoms in total. The van der Waals surface area contributed by atoms with Crippen molar-refractivity contribution < 1.29 is 19.1 Å². The molecule has 1 N–H and O–H groups in total. The van der Waals surface area contributed by atoms with E-state index in [1.165, 1.54) is 0 Å². The Hall–Kier alpha value is -2.37. The lowest BCUT2D eigenvalue weighted by molar-refractivity contribution is -0.121. The highest BCUT2D eigenvalue weighted by molar-refractivity contribution is 5.97. The van der Waals surface area contributed by atoms with Crippen molar-refractivity contribution in [1.29, 1.82) is 0 Å². The van der Waals surface area contributed by atoms with Crippen molar-refractivity contribution in [2.75, 3.05) is 13.1 Å². The molecule has 25 heavy (non-hydrogen) atoms. The van der Waals surface area contributed by atoms with Crippen LogP contribution >= 0.6 is 0 Å². The lowest BCUT2D eigenvalue weighted by Crippen LogP contribution is -2.40. The molecule has 0 aromatic heterocycles. The van der Waals surface area contributed by atoms with Gasteiger partial charge in [-0.1, -0.05) is 30.3 Å². The molecule has 0 bridgehead atoms. The Kier molecular flexibility index (Phi) is 6.17. The number of rotatable bonds is 5. The third-order valence-electron chi connectivity index (χ3n) is 3.88. The van der Waals surface area contributed by atoms with Crippen LogP contribution in [0.25, 0.3) is 0 Å². The molecule has 1 heterocycles. The number of nitrogens with zero attached hydrogens (tertiary/aromatic N) is 1. The van der Waals surface area contributed by atoms with Gasteiger partial charge in [-0.15, -0.1) is 0 Å². The molecule has 0 saturated carbocycles. The molecular weight excluding hydrogens is 320 g/mol. The van der Waals surface area contributed by atoms with Crippen LogP contribution in [0.4, 0.5) is 4.79 Å². The Morgan fingerprint density at radius 1 is 1.16 bits per heavy atom. The maximum absolute atomic E-state index is 12.0. The third kappa shape index (κ3) is 6.21. The number of likely N-dealkylation sites (tertiary alicyclic amines) is 1. The van der Waals surface area contributed by atoms with E-state index in [0.717, 1.165) is 0 Å². The van der Waals surface area contributed by atoms with Gasteiger partial charge in [0.05, 0.1) is 0 Å². The molecule has 1 aliphatic heterocycles. The molecule has 1 aromatic rings. The summed E-state index contributed by atoms with van der Waals surface area (Å²) in [6.07, 6.45) is 0.663. The standard InChI is InChI=1S/C19H26N2O4/c1-19(2,3)25-18(24)21-12-11-15(13-21)20-17(23)10-9-16(22)14-7-5-4-6-8-14/h4-8,15H,9-13H2,1-3H3,(H,20,23)/t15-/m0/s1. The summed E-state index contributed by atoms with van der Waals surface area (Å²) in [6.45, 7) is 6.47. The van der Waals surface area contributed by atoms with Crippen molar-refractivity contribution in [2.45, 2.75) is 51.7 Å². The van der Waals surface area contributed by atoms with Crippen molar-refractivity contribution in [3.05, 3.63) is 35.9 Å². The Bertz CT molecular complexity index is 622. The lowest BCUT2D eigenvalue weighted by atomic mass is 10.1. The molecule has 6 heteroatoms. The van der Waals surface area contributed by atoms with Gasteiger partial charge in [0.25, 0.3) is 0 Å². The summed E-state index contributed by atoms with van der Waals surface area (Å²) in [5.41, 5.74) is 0.0863. The van der Waals surface area contributed by atoms with E-state index in [-0.39, 0.29) is 36.7 Å². The van der Waals surface area contributed by atoms with E-state index in [2.05, 4.69) is 5.32 Å². The highest BCUT2D eigenvalue weighted by Gasteiger charge is 2.30. The number of ether oxygens (including phenoxy) is 1. The van der Waals surface area contributed by atoms with Crippen molar-refractivity contribution in [2.24, 2.45) is 0 Å². The van der Waals surface area contributed by atoms with Gasteiger partial charge in [-0.25, -0.2) is 4.79 Å². The quantitative estimate of drug-likeness (QED) is 0.832. The van der Waals surface area contributed by atoms with Gasteiger partial charge in [0.2, 0.25) is 5.91 Å². The molecule has 1 fully saturated rings. The minimum absolute atomic E-state index is 0.0439. The number of ketones is 1. The Morgan fingerprint density at radius 2 is 1.84 bits per heavy atom. The molecule has 1 aliphatic rings. The van der Waals surface area contributed by atoms with Gasteiger partial charge in [0, 0.05) is 37.5 Å². The molecule has 0 spiro atoms. The number of carbonyl (C=O) groups excluding carboxylic acids is 3. The van der Waals surface area contributed by atoms with Crippen LogP contribution in [-0.4, -0.2) is 47.4 Å². The van der Waals surface area contributed by atoms with E-state index in [0.29, 0.717) is 25.1 Å². The van der Waals surface area contributed by atoms with Crippen molar-refractivity contribution >= 4 is 17.8 Å². The van der Waals surface area contributed by atoms with Crippen LogP contribution in [0.1, 0.15) is 50.4 Å². The van der Waals surface area contributed by atoms with Crippen molar-refractivity contribution in [1.82, 2.24) is 10.2 Å². The monoisotopic (exact) mass is 346 g/mol. The molecule has 1 aromatic carbocycles. The molecule has 0 radical (unpaired) electrons. The first kappa shape index (κ1) is 19.0. The van der Waals surface area contributed by atoms with Gasteiger partial charge in [-0.2, -0.15) is 0 Å². The molecule has 136 valence electrons. The number of carbonyl (C=O) groups is 3. The molecule has 1 atom stereocenters. The summed E-state index contributed by atoms with van der Waals surface area (Å²) in [4.78, 5) is 37.7. The predicted octanol–water partition coefficient (Wildman–Crippen LogP) is 2.78. The molecule has 0 aliphatic carbocycles. The fraction of sp³-hybridized carbons (Fsp3) is 0.526. The van der Waals surface area contributed by atoms with Gasteiger partial charge in [-0.05, 0) is 27.2 Å². The largest absolute Gasteiger partial charge is 0.444 e. The number of hydrogen-bond acceptors (Lipinski definition) is 4. The Morgan fingerprint density at radius 3 is 2.48 bits per heavy atom. The maximum Gasteiger partial charge on any atom is 0.410 e. The Balaban J connectivity index is 1.73. The van der Waals surface area contributed by atoms with Crippen molar-refractivity contribution in [3.63, 3.8) is 0 Å². The van der Waals surface area contributed by atoms with Crippen molar-refractivity contribution in [3.8, 4) is 0 Å². The molecular formula is C19H26N2O4. The zero-order valence-electron chi connectivity index (χ0n) is 15.1. The average Bonchev–Trinajstić information content (AvgIpc) is 3.00. The number of hydrogen-bond donors (Lipinski definition) is 1. The molecule has 0 unspecified atom stereocenters. The zero-order valence-corrected chi connectivity index (χ0v) is 15.1. The molecule has 2 amide bonds. The second kappa shape index (κ2) is 8.14. The normalized spacial score (nSPS) is 17.2. The average molecular weight is 346 g/mol. The summed E-state index contributed by atoms with van der Waals surface area (Å²) in [6, 6.07) is 8.85. The van der Waals surface area contributed by atoms with Crippen LogP contribution in [0.15, 0.2) is 30.3 Å². The maximum atomic E-state index is 12.0. The van der Waals surface area contributed by atoms with Crippen LogP contribution in [0.5, 0.6) is 0 Å². The first-order valence-electron chi connectivity index (χ1n) is 8.60. The number of nitrogens with one attached hydrogen (secondary N) is 1. The molecule has 1 saturated heterocycles. The SMILES string of the molecule is CC(C)(C)OC(=O)N1CC[C@H](NC(=O)CCC(=O)c2ccccc2)C1. The fourth-order valence-corrected chi connectivity index (χ4v) is 2.67. The van der Waals surface area contributed by atoms with Gasteiger partial charge in [0.15, 0.2) is 5.78 Å². The number of amides is 2. The number of benzene rings is 1. The van der Waals surface area contributed by atoms with Crippen LogP contribution < -0.4 is 5.32 Å². The highest BCUT2D eigenvalue weighted by atomic mass is 16.6. The second-order valence-electron chi connectivity index (χ2n) is 7.27. The fourth-order valence-electron chi connectivity index (χ4n) is 2.67. The second-order valence-corrected chi connectivity index (χ2v) is 7.27. The Labute approximate surface area is 148 Å². The summed E-state index contributed by atoms with van der Waals surface area (Å²) < 4.78 is 5.33. The smallest absolute Gasteiger partial charge is 0.410 e.